The molecular formula is C77H105N15O16S2. The van der Waals surface area contributed by atoms with Gasteiger partial charge in [0.2, 0.25) is 65.0 Å². The number of primary amides is 1. The molecule has 0 radical (unpaired) electrons. The molecule has 31 nitrogen and oxygen atoms in total. The zero-order valence-corrected chi connectivity index (χ0v) is 64.9. The molecule has 3 heterocycles. The van der Waals surface area contributed by atoms with Gasteiger partial charge in [-0.1, -0.05) is 103 Å². The molecule has 3 aromatic heterocycles. The SMILES string of the molecule is CCC[C@H](NC(=O)[C@H](Cc1ccc(O)cc1)NC(=O)[C@H](CCC(=O)O)NC(=O)[C@H](CC(C)C)NC(=O)[C@H](Cc1c[nH]c2ncccc12)NC(=O)C[C@@H](C)O)C(=O)N[C@@H](CC)C(=O)NCCSCc1cccc(CSCCC(=O)N[C@H](C(=O)N[C@@H](Cc2ccc(O)cc2)C(=O)N[C@@H](Cc2cnc[nH]2)C(N)=O)C(C)(C)C)c1. The first-order chi connectivity index (χ1) is 52.3. The number of aliphatic hydroxyl groups excluding tert-OH is 1. The normalized spacial score (nSPS) is 14.1. The van der Waals surface area contributed by atoms with Gasteiger partial charge in [0.1, 0.15) is 71.5 Å². The average molecular weight is 1560 g/mol. The molecule has 596 valence electrons. The Bertz CT molecular complexity index is 4060. The molecule has 0 aliphatic rings. The van der Waals surface area contributed by atoms with Crippen LogP contribution < -0.4 is 58.9 Å². The maximum atomic E-state index is 14.5. The van der Waals surface area contributed by atoms with E-state index in [9.17, 15) is 78.0 Å². The zero-order chi connectivity index (χ0) is 80.6. The van der Waals surface area contributed by atoms with E-state index in [1.54, 1.807) is 96.9 Å². The van der Waals surface area contributed by atoms with Crippen LogP contribution in [0.2, 0.25) is 0 Å². The van der Waals surface area contributed by atoms with Crippen molar-refractivity contribution in [2.24, 2.45) is 17.1 Å². The first-order valence-electron chi connectivity index (χ1n) is 36.6. The van der Waals surface area contributed by atoms with Gasteiger partial charge in [-0.05, 0) is 108 Å². The number of H-pyrrole nitrogens is 2. The third-order valence-electron chi connectivity index (χ3n) is 17.6. The number of fused-ring (bicyclic) bond motifs is 1. The number of aliphatic hydroxyl groups is 1. The Morgan fingerprint density at radius 3 is 1.61 bits per heavy atom. The Balaban J connectivity index is 1.01. The second-order valence-electron chi connectivity index (χ2n) is 28.5. The molecule has 0 saturated heterocycles. The fraction of sp³-hybridized carbons (Fsp3) is 0.481. The minimum atomic E-state index is -1.61. The summed E-state index contributed by atoms with van der Waals surface area (Å²) in [6.45, 7) is 14.1. The summed E-state index contributed by atoms with van der Waals surface area (Å²) >= 11 is 3.09. The van der Waals surface area contributed by atoms with Crippen molar-refractivity contribution in [3.05, 3.63) is 143 Å². The number of carbonyl (C=O) groups is 12. The highest BCUT2D eigenvalue weighted by atomic mass is 32.2. The van der Waals surface area contributed by atoms with Crippen LogP contribution in [0.5, 0.6) is 11.5 Å². The number of aliphatic carboxylic acids is 1. The second-order valence-corrected chi connectivity index (χ2v) is 30.7. The molecule has 6 aromatic rings. The van der Waals surface area contributed by atoms with Crippen LogP contribution in [0, 0.1) is 11.3 Å². The van der Waals surface area contributed by atoms with Gasteiger partial charge in [-0.2, -0.15) is 23.5 Å². The third-order valence-corrected chi connectivity index (χ3v) is 19.7. The van der Waals surface area contributed by atoms with Crippen LogP contribution in [0.25, 0.3) is 11.0 Å². The van der Waals surface area contributed by atoms with Crippen molar-refractivity contribution in [3.63, 3.8) is 0 Å². The predicted octanol–water partition coefficient (Wildman–Crippen LogP) is 3.43. The summed E-state index contributed by atoms with van der Waals surface area (Å²) in [6.07, 6.45) is 4.17. The van der Waals surface area contributed by atoms with E-state index in [1.807, 2.05) is 18.2 Å². The van der Waals surface area contributed by atoms with Crippen LogP contribution in [0.15, 0.2) is 110 Å². The molecule has 3 aromatic carbocycles. The first kappa shape index (κ1) is 88.4. The quantitative estimate of drug-likeness (QED) is 0.0243. The molecule has 6 rings (SSSR count). The molecule has 0 bridgehead atoms. The number of pyridine rings is 1. The van der Waals surface area contributed by atoms with Crippen molar-refractivity contribution >= 4 is 106 Å². The molecule has 33 heteroatoms. The number of phenolic OH excluding ortho intramolecular Hbond substituents is 2. The van der Waals surface area contributed by atoms with Crippen molar-refractivity contribution in [2.45, 2.75) is 204 Å². The van der Waals surface area contributed by atoms with E-state index in [4.69, 9.17) is 5.73 Å². The van der Waals surface area contributed by atoms with Crippen molar-refractivity contribution < 1.29 is 78.0 Å². The molecule has 110 heavy (non-hydrogen) atoms. The number of rotatable bonds is 46. The number of imidazole rings is 1. The predicted molar refractivity (Wildman–Crippen MR) is 416 cm³/mol. The topological polar surface area (TPSA) is 489 Å². The maximum absolute atomic E-state index is 14.5. The van der Waals surface area contributed by atoms with E-state index >= 15 is 0 Å². The van der Waals surface area contributed by atoms with E-state index in [0.717, 1.165) is 11.1 Å². The van der Waals surface area contributed by atoms with E-state index in [2.05, 4.69) is 79.2 Å². The Morgan fingerprint density at radius 1 is 0.545 bits per heavy atom. The molecular weight excluding hydrogens is 1460 g/mol. The van der Waals surface area contributed by atoms with Gasteiger partial charge in [-0.25, -0.2) is 9.97 Å². The van der Waals surface area contributed by atoms with Crippen molar-refractivity contribution in [1.29, 1.82) is 0 Å². The summed E-state index contributed by atoms with van der Waals surface area (Å²) in [7, 11) is 0. The average Bonchev–Trinajstić information content (AvgIpc) is 1.66. The molecule has 11 amide bonds. The smallest absolute Gasteiger partial charge is 0.303 e. The number of nitrogens with one attached hydrogen (secondary N) is 12. The summed E-state index contributed by atoms with van der Waals surface area (Å²) in [5, 5.41) is 67.7. The molecule has 18 N–H and O–H groups in total. The van der Waals surface area contributed by atoms with Crippen LogP contribution in [0.4, 0.5) is 0 Å². The van der Waals surface area contributed by atoms with E-state index in [1.165, 1.54) is 67.6 Å². The van der Waals surface area contributed by atoms with Crippen molar-refractivity contribution in [1.82, 2.24) is 73.1 Å². The lowest BCUT2D eigenvalue weighted by atomic mass is 9.85. The number of carboxylic acids is 1. The number of nitrogens with zero attached hydrogens (tertiary/aromatic N) is 2. The number of carbonyl (C=O) groups excluding carboxylic acids is 11. The minimum Gasteiger partial charge on any atom is -0.508 e. The van der Waals surface area contributed by atoms with Gasteiger partial charge in [0.05, 0.1) is 18.9 Å². The van der Waals surface area contributed by atoms with Crippen molar-refractivity contribution in [3.8, 4) is 11.5 Å². The van der Waals surface area contributed by atoms with Gasteiger partial charge in [-0.3, -0.25) is 57.5 Å². The van der Waals surface area contributed by atoms with Crippen LogP contribution in [0.1, 0.15) is 140 Å². The summed E-state index contributed by atoms with van der Waals surface area (Å²) < 4.78 is 0. The van der Waals surface area contributed by atoms with Crippen LogP contribution in [-0.2, 0) is 94.7 Å². The third kappa shape index (κ3) is 30.1. The van der Waals surface area contributed by atoms with Gasteiger partial charge in [0, 0.05) is 97.8 Å². The highest BCUT2D eigenvalue weighted by Gasteiger charge is 2.38. The molecule has 0 spiro atoms. The number of hydrogen-bond donors (Lipinski definition) is 17. The van der Waals surface area contributed by atoms with Gasteiger partial charge in [-0.15, -0.1) is 0 Å². The highest BCUT2D eigenvalue weighted by molar-refractivity contribution is 7.98. The fourth-order valence-corrected chi connectivity index (χ4v) is 13.5. The Kier molecular flexibility index (Phi) is 35.5. The summed E-state index contributed by atoms with van der Waals surface area (Å²) in [4.78, 5) is 179. The second kappa shape index (κ2) is 44.2. The molecule has 0 unspecified atom stereocenters. The minimum absolute atomic E-state index is 0.00251. The van der Waals surface area contributed by atoms with E-state index < -0.39 is 144 Å². The van der Waals surface area contributed by atoms with Gasteiger partial charge < -0.3 is 89.3 Å². The number of carboxylic acid groups (broad SMARTS) is 1. The van der Waals surface area contributed by atoms with Crippen LogP contribution in [0.3, 0.4) is 0 Å². The maximum Gasteiger partial charge on any atom is 0.303 e. The molecule has 0 fully saturated rings. The zero-order valence-electron chi connectivity index (χ0n) is 63.2. The Labute approximate surface area is 647 Å². The monoisotopic (exact) mass is 1560 g/mol. The molecule has 0 aliphatic carbocycles. The number of aromatic amines is 2. The largest absolute Gasteiger partial charge is 0.508 e. The number of benzene rings is 3. The number of aromatic hydroxyl groups is 2. The van der Waals surface area contributed by atoms with Gasteiger partial charge in [0.15, 0.2) is 0 Å². The molecule has 0 aliphatic heterocycles. The highest BCUT2D eigenvalue weighted by Crippen LogP contribution is 2.24. The summed E-state index contributed by atoms with van der Waals surface area (Å²) in [5.41, 5.74) is 9.61. The first-order valence-corrected chi connectivity index (χ1v) is 39.0. The number of hydrogen-bond acceptors (Lipinski definition) is 19. The van der Waals surface area contributed by atoms with Crippen LogP contribution in [-0.4, -0.2) is 190 Å². The summed E-state index contributed by atoms with van der Waals surface area (Å²) in [6, 6.07) is 11.9. The Hall–Kier alpha value is -10.5. The Morgan fingerprint density at radius 2 is 1.07 bits per heavy atom. The lowest BCUT2D eigenvalue weighted by molar-refractivity contribution is -0.139. The molecule has 0 saturated carbocycles. The number of nitrogens with two attached hydrogens (primary N) is 1. The number of phenols is 2. The van der Waals surface area contributed by atoms with E-state index in [0.29, 0.717) is 62.8 Å². The lowest BCUT2D eigenvalue weighted by Crippen LogP contribution is -2.60. The fourth-order valence-electron chi connectivity index (χ4n) is 11.8. The van der Waals surface area contributed by atoms with Gasteiger partial charge in [0.25, 0.3) is 0 Å². The van der Waals surface area contributed by atoms with Crippen molar-refractivity contribution in [2.75, 3.05) is 18.1 Å². The molecule has 10 atom stereocenters. The van der Waals surface area contributed by atoms with Gasteiger partial charge >= 0.3 is 5.97 Å². The number of thioether (sulfide) groups is 2. The number of aromatic nitrogens is 4. The standard InChI is InChI=1S/C77H105N15O16S2/c1-9-13-56(86-73(105)60(35-46-17-21-52(94)22-18-46)90-71(103)57(25-26-65(98)99)87-72(104)59(32-44(3)4)89-75(107)62(84-64(97)33-45(5)93)37-50-39-82-68-54(50)16-12-28-80-68)70(102)85-55(10-2)69(101)81-29-31-110-42-49-15-11-14-48(34-49)41-109-30-27-63(96)92-66(77(6,7)8)76(108)91-61(36-47-19-23-53(95)24-20-47)74(106)88-58(67(78)100)38-51-40-79-43-83-51/h11-12,14-24,28,34,39-40,43-45,55-62,66,93-95H,9-10,13,25-27,29-33,35-38,41-42H2,1-8H3,(H2,78,100)(H,79,83)(H,80,82)(H,81,101)(H,84,97)(H,85,102)(H,86,105)(H,87,104)(H,88,106)(H,89,107)(H,90,103)(H,91,108)(H,92,96)(H,98,99)/t45-,55+,56+,57+,58+,59+,60+,61+,62+,66-/m1/s1. The summed E-state index contributed by atoms with van der Waals surface area (Å²) in [5.74, 6) is -7.33. The van der Waals surface area contributed by atoms with E-state index in [-0.39, 0.29) is 87.7 Å². The lowest BCUT2D eigenvalue weighted by Gasteiger charge is -2.32. The van der Waals surface area contributed by atoms with Crippen LogP contribution >= 0.6 is 23.5 Å². The number of amides is 11.